The topological polar surface area (TPSA) is 80.0 Å². The first-order chi connectivity index (χ1) is 16.1. The number of nitrogens with zero attached hydrogens (tertiary/aromatic N) is 2. The Morgan fingerprint density at radius 3 is 2.42 bits per heavy atom. The smallest absolute Gasteiger partial charge is 0.298 e. The van der Waals surface area contributed by atoms with Crippen LogP contribution in [0.15, 0.2) is 34.7 Å². The molecule has 3 aromatic rings. The number of fused-ring (bicyclic) bond motifs is 1. The van der Waals surface area contributed by atoms with Crippen LogP contribution in [-0.2, 0) is 13.0 Å². The molecule has 4 rings (SSSR count). The quantitative estimate of drug-likeness (QED) is 0.475. The van der Waals surface area contributed by atoms with Gasteiger partial charge in [-0.25, -0.2) is 0 Å². The first kappa shape index (κ1) is 23.3. The Morgan fingerprint density at radius 2 is 1.79 bits per heavy atom. The monoisotopic (exact) mass is 457 g/mol. The first-order valence-corrected chi connectivity index (χ1v) is 11.7. The van der Waals surface area contributed by atoms with Crippen LogP contribution in [0.1, 0.15) is 37.8 Å². The van der Waals surface area contributed by atoms with Gasteiger partial charge in [0, 0.05) is 19.2 Å². The molecule has 0 spiro atoms. The molecule has 2 heterocycles. The Balaban J connectivity index is 1.70. The van der Waals surface area contributed by atoms with E-state index < -0.39 is 5.82 Å². The van der Waals surface area contributed by atoms with Gasteiger partial charge in [-0.15, -0.1) is 0 Å². The van der Waals surface area contributed by atoms with Crippen molar-refractivity contribution in [2.45, 2.75) is 45.7 Å². The average Bonchev–Trinajstić information content (AvgIpc) is 3.24. The molecule has 178 valence electrons. The predicted molar refractivity (Wildman–Crippen MR) is 126 cm³/mol. The van der Waals surface area contributed by atoms with E-state index in [0.717, 1.165) is 42.6 Å². The van der Waals surface area contributed by atoms with E-state index in [1.165, 1.54) is 0 Å². The second-order valence-electron chi connectivity index (χ2n) is 8.15. The minimum absolute atomic E-state index is 0.0896. The Hall–Kier alpha value is -2.84. The second kappa shape index (κ2) is 10.9. The van der Waals surface area contributed by atoms with E-state index in [0.29, 0.717) is 37.8 Å². The third-order valence-corrected chi connectivity index (χ3v) is 5.85. The summed E-state index contributed by atoms with van der Waals surface area (Å²) in [6.45, 7) is 6.80. The summed E-state index contributed by atoms with van der Waals surface area (Å²) in [5.74, 6) is -0.0982. The summed E-state index contributed by atoms with van der Waals surface area (Å²) < 4.78 is 32.0. The number of aliphatic hydroxyl groups is 1. The van der Waals surface area contributed by atoms with E-state index in [-0.39, 0.29) is 24.1 Å². The maximum atomic E-state index is 14.8. The first-order valence-electron chi connectivity index (χ1n) is 11.7. The highest BCUT2D eigenvalue weighted by atomic mass is 19.1. The van der Waals surface area contributed by atoms with E-state index in [1.54, 1.807) is 12.1 Å². The zero-order valence-electron chi connectivity index (χ0n) is 19.3. The predicted octanol–water partition coefficient (Wildman–Crippen LogP) is 4.06. The molecule has 0 radical (unpaired) electrons. The maximum Gasteiger partial charge on any atom is 0.298 e. The van der Waals surface area contributed by atoms with Crippen LogP contribution in [0.2, 0.25) is 0 Å². The van der Waals surface area contributed by atoms with Crippen molar-refractivity contribution in [3.8, 4) is 11.5 Å². The fourth-order valence-corrected chi connectivity index (χ4v) is 4.28. The van der Waals surface area contributed by atoms with Crippen molar-refractivity contribution in [3.05, 3.63) is 47.3 Å². The number of nitrogens with one attached hydrogen (secondary N) is 1. The summed E-state index contributed by atoms with van der Waals surface area (Å²) in [6.07, 6.45) is 2.48. The van der Waals surface area contributed by atoms with Crippen LogP contribution in [-0.4, -0.2) is 49.0 Å². The molecule has 0 saturated carbocycles. The van der Waals surface area contributed by atoms with E-state index in [2.05, 4.69) is 10.2 Å². The molecule has 0 aliphatic carbocycles. The molecule has 1 aliphatic heterocycles. The van der Waals surface area contributed by atoms with Crippen molar-refractivity contribution in [1.82, 2.24) is 10.3 Å². The van der Waals surface area contributed by atoms with Gasteiger partial charge < -0.3 is 29.2 Å². The van der Waals surface area contributed by atoms with Gasteiger partial charge in [0.25, 0.3) is 6.01 Å². The molecular weight excluding hydrogens is 425 g/mol. The van der Waals surface area contributed by atoms with Gasteiger partial charge in [0.2, 0.25) is 5.82 Å². The van der Waals surface area contributed by atoms with Gasteiger partial charge in [0.05, 0.1) is 13.2 Å². The van der Waals surface area contributed by atoms with Crippen molar-refractivity contribution >= 4 is 17.1 Å². The summed E-state index contributed by atoms with van der Waals surface area (Å²) in [7, 11) is 0. The van der Waals surface area contributed by atoms with Crippen LogP contribution in [0.5, 0.6) is 11.5 Å². The highest BCUT2D eigenvalue weighted by Gasteiger charge is 2.26. The van der Waals surface area contributed by atoms with Crippen LogP contribution in [0, 0.1) is 5.82 Å². The zero-order valence-corrected chi connectivity index (χ0v) is 19.3. The van der Waals surface area contributed by atoms with Gasteiger partial charge in [0.1, 0.15) is 5.52 Å². The van der Waals surface area contributed by atoms with Crippen LogP contribution in [0.4, 0.5) is 10.4 Å². The van der Waals surface area contributed by atoms with Crippen LogP contribution < -0.4 is 19.7 Å². The molecule has 1 saturated heterocycles. The molecule has 0 amide bonds. The lowest BCUT2D eigenvalue weighted by Crippen LogP contribution is -2.43. The number of rotatable bonds is 10. The van der Waals surface area contributed by atoms with Crippen LogP contribution in [0.25, 0.3) is 11.1 Å². The lowest BCUT2D eigenvalue weighted by molar-refractivity contribution is 0.291. The molecule has 1 fully saturated rings. The molecule has 8 heteroatoms. The van der Waals surface area contributed by atoms with E-state index in [4.69, 9.17) is 18.9 Å². The third kappa shape index (κ3) is 5.39. The Labute approximate surface area is 193 Å². The van der Waals surface area contributed by atoms with E-state index in [9.17, 15) is 9.50 Å². The van der Waals surface area contributed by atoms with Crippen LogP contribution >= 0.6 is 0 Å². The molecule has 0 unspecified atom stereocenters. The number of halogens is 1. The number of aliphatic hydroxyl groups excluding tert-OH is 1. The molecule has 2 N–H and O–H groups in total. The minimum Gasteiger partial charge on any atom is -0.491 e. The standard InChI is InChI=1S/C25H32FN3O4/c1-3-31-22-14-18(15-23(24(22)26)32-4-2)16-29(19-7-10-27-11-8-19)25-28-20-13-17(9-12-30)5-6-21(20)33-25/h5-6,13-15,19,27,30H,3-4,7-12,16H2,1-2H3. The van der Waals surface area contributed by atoms with Crippen LogP contribution in [0.3, 0.4) is 0 Å². The number of hydrogen-bond donors (Lipinski definition) is 2. The van der Waals surface area contributed by atoms with Crippen molar-refractivity contribution < 1.29 is 23.4 Å². The summed E-state index contributed by atoms with van der Waals surface area (Å²) in [4.78, 5) is 6.94. The van der Waals surface area contributed by atoms with Gasteiger partial charge in [-0.2, -0.15) is 9.37 Å². The Bertz CT molecular complexity index is 1040. The van der Waals surface area contributed by atoms with Gasteiger partial charge >= 0.3 is 0 Å². The third-order valence-electron chi connectivity index (χ3n) is 5.85. The molecule has 1 aromatic heterocycles. The summed E-state index contributed by atoms with van der Waals surface area (Å²) in [5.41, 5.74) is 3.35. The highest BCUT2D eigenvalue weighted by Crippen LogP contribution is 2.33. The normalized spacial score (nSPS) is 14.5. The van der Waals surface area contributed by atoms with Crippen molar-refractivity contribution in [2.24, 2.45) is 0 Å². The molecular formula is C25H32FN3O4. The summed E-state index contributed by atoms with van der Waals surface area (Å²) in [6, 6.07) is 10.0. The van der Waals surface area contributed by atoms with Gasteiger partial charge in [-0.3, -0.25) is 0 Å². The molecule has 33 heavy (non-hydrogen) atoms. The molecule has 1 aliphatic rings. The number of anilines is 1. The fourth-order valence-electron chi connectivity index (χ4n) is 4.28. The number of ether oxygens (including phenoxy) is 2. The largest absolute Gasteiger partial charge is 0.491 e. The molecule has 2 aromatic carbocycles. The maximum absolute atomic E-state index is 14.8. The number of oxazole rings is 1. The van der Waals surface area contributed by atoms with Crippen molar-refractivity contribution in [3.63, 3.8) is 0 Å². The highest BCUT2D eigenvalue weighted by molar-refractivity contribution is 5.75. The number of aromatic nitrogens is 1. The van der Waals surface area contributed by atoms with Gasteiger partial charge in [-0.1, -0.05) is 6.07 Å². The number of hydrogen-bond acceptors (Lipinski definition) is 7. The lowest BCUT2D eigenvalue weighted by Gasteiger charge is -2.33. The molecule has 0 atom stereocenters. The number of benzene rings is 2. The van der Waals surface area contributed by atoms with Gasteiger partial charge in [0.15, 0.2) is 17.1 Å². The summed E-state index contributed by atoms with van der Waals surface area (Å²) >= 11 is 0. The second-order valence-corrected chi connectivity index (χ2v) is 8.15. The Kier molecular flexibility index (Phi) is 7.67. The number of piperidine rings is 1. The fraction of sp³-hybridized carbons (Fsp3) is 0.480. The summed E-state index contributed by atoms with van der Waals surface area (Å²) in [5, 5.41) is 12.7. The van der Waals surface area contributed by atoms with Crippen molar-refractivity contribution in [1.29, 1.82) is 0 Å². The molecule has 0 bridgehead atoms. The van der Waals surface area contributed by atoms with Crippen molar-refractivity contribution in [2.75, 3.05) is 37.8 Å². The van der Waals surface area contributed by atoms with E-state index >= 15 is 0 Å². The van der Waals surface area contributed by atoms with Gasteiger partial charge in [-0.05, 0) is 81.6 Å². The Morgan fingerprint density at radius 1 is 1.09 bits per heavy atom. The zero-order chi connectivity index (χ0) is 23.2. The SMILES string of the molecule is CCOc1cc(CN(c2nc3cc(CCO)ccc3o2)C2CCNCC2)cc(OCC)c1F. The average molecular weight is 458 g/mol. The lowest BCUT2D eigenvalue weighted by atomic mass is 10.0. The van der Waals surface area contributed by atoms with E-state index in [1.807, 2.05) is 32.0 Å². The molecule has 7 nitrogen and oxygen atoms in total. The minimum atomic E-state index is -0.478.